The van der Waals surface area contributed by atoms with Gasteiger partial charge < -0.3 is 10.2 Å². The first kappa shape index (κ1) is 16.6. The third kappa shape index (κ3) is 3.35. The highest BCUT2D eigenvalue weighted by Crippen LogP contribution is 2.21. The molecule has 2 heterocycles. The molecule has 0 fully saturated rings. The molecule has 1 amide bonds. The van der Waals surface area contributed by atoms with Gasteiger partial charge in [0.05, 0.1) is 23.1 Å². The van der Waals surface area contributed by atoms with E-state index >= 15 is 0 Å². The van der Waals surface area contributed by atoms with Crippen molar-refractivity contribution in [2.24, 2.45) is 0 Å². The monoisotopic (exact) mass is 339 g/mol. The molecule has 0 saturated carbocycles. The van der Waals surface area contributed by atoms with E-state index in [-0.39, 0.29) is 11.7 Å². The van der Waals surface area contributed by atoms with Crippen molar-refractivity contribution in [2.45, 2.75) is 6.92 Å². The van der Waals surface area contributed by atoms with Crippen molar-refractivity contribution in [3.05, 3.63) is 65.9 Å². The number of amides is 1. The lowest BCUT2D eigenvalue weighted by Gasteiger charge is -2.11. The highest BCUT2D eigenvalue weighted by atomic mass is 19.1. The van der Waals surface area contributed by atoms with Crippen LogP contribution in [-0.2, 0) is 0 Å². The molecule has 128 valence electrons. The van der Waals surface area contributed by atoms with E-state index in [9.17, 15) is 9.18 Å². The molecule has 0 unspecified atom stereocenters. The molecule has 0 aliphatic heterocycles. The number of anilines is 2. The first-order valence-electron chi connectivity index (χ1n) is 7.71. The summed E-state index contributed by atoms with van der Waals surface area (Å²) < 4.78 is 15.4. The van der Waals surface area contributed by atoms with Crippen molar-refractivity contribution in [3.63, 3.8) is 0 Å². The van der Waals surface area contributed by atoms with E-state index < -0.39 is 0 Å². The zero-order valence-electron chi connectivity index (χ0n) is 14.2. The molecule has 1 N–H and O–H groups in total. The van der Waals surface area contributed by atoms with E-state index in [1.807, 2.05) is 19.0 Å². The van der Waals surface area contributed by atoms with Gasteiger partial charge in [0.1, 0.15) is 17.3 Å². The average molecular weight is 339 g/mol. The molecule has 1 aromatic carbocycles. The highest BCUT2D eigenvalue weighted by Gasteiger charge is 2.14. The van der Waals surface area contributed by atoms with E-state index in [0.29, 0.717) is 22.6 Å². The van der Waals surface area contributed by atoms with Crippen LogP contribution in [0.4, 0.5) is 15.9 Å². The maximum atomic E-state index is 13.9. The van der Waals surface area contributed by atoms with Crippen LogP contribution < -0.4 is 10.2 Å². The summed E-state index contributed by atoms with van der Waals surface area (Å²) in [5, 5.41) is 6.96. The number of halogens is 1. The second kappa shape index (κ2) is 6.72. The zero-order chi connectivity index (χ0) is 18.0. The summed E-state index contributed by atoms with van der Waals surface area (Å²) in [5.74, 6) is 0.0872. The average Bonchev–Trinajstić information content (AvgIpc) is 2.96. The summed E-state index contributed by atoms with van der Waals surface area (Å²) in [4.78, 5) is 18.5. The Morgan fingerprint density at radius 1 is 1.16 bits per heavy atom. The van der Waals surface area contributed by atoms with Crippen molar-refractivity contribution < 1.29 is 9.18 Å². The van der Waals surface area contributed by atoms with Gasteiger partial charge in [-0.25, -0.2) is 14.1 Å². The van der Waals surface area contributed by atoms with Crippen LogP contribution in [0.3, 0.4) is 0 Å². The number of pyridine rings is 1. The Kier molecular flexibility index (Phi) is 4.47. The zero-order valence-corrected chi connectivity index (χ0v) is 14.2. The second-order valence-electron chi connectivity index (χ2n) is 5.76. The van der Waals surface area contributed by atoms with E-state index in [0.717, 1.165) is 5.82 Å². The van der Waals surface area contributed by atoms with Crippen molar-refractivity contribution in [3.8, 4) is 5.69 Å². The number of carbonyl (C=O) groups is 1. The highest BCUT2D eigenvalue weighted by molar-refractivity contribution is 6.04. The van der Waals surface area contributed by atoms with Gasteiger partial charge in [0.25, 0.3) is 5.91 Å². The Labute approximate surface area is 144 Å². The van der Waals surface area contributed by atoms with E-state index in [1.165, 1.54) is 23.1 Å². The number of hydrogen-bond donors (Lipinski definition) is 1. The molecular weight excluding hydrogens is 321 g/mol. The van der Waals surface area contributed by atoms with Gasteiger partial charge >= 0.3 is 0 Å². The lowest BCUT2D eigenvalue weighted by atomic mass is 10.2. The van der Waals surface area contributed by atoms with Crippen LogP contribution in [0.1, 0.15) is 16.1 Å². The van der Waals surface area contributed by atoms with Crippen LogP contribution >= 0.6 is 0 Å². The number of benzene rings is 1. The van der Waals surface area contributed by atoms with Gasteiger partial charge in [-0.15, -0.1) is 0 Å². The fraction of sp³-hybridized carbons (Fsp3) is 0.167. The van der Waals surface area contributed by atoms with Gasteiger partial charge in [-0.05, 0) is 31.2 Å². The van der Waals surface area contributed by atoms with Crippen molar-refractivity contribution in [2.75, 3.05) is 24.3 Å². The normalized spacial score (nSPS) is 10.6. The molecular formula is C18H18FN5O. The summed E-state index contributed by atoms with van der Waals surface area (Å²) in [6.45, 7) is 1.77. The number of para-hydroxylation sites is 1. The second-order valence-corrected chi connectivity index (χ2v) is 5.76. The number of aromatic nitrogens is 3. The van der Waals surface area contributed by atoms with Gasteiger partial charge in [-0.2, -0.15) is 5.10 Å². The molecule has 0 aliphatic carbocycles. The van der Waals surface area contributed by atoms with Crippen LogP contribution in [0.25, 0.3) is 5.69 Å². The SMILES string of the molecule is Cc1c(NC(=O)c2ccc(N(C)C)nc2)cnn1-c1ccccc1F. The molecule has 7 heteroatoms. The number of nitrogens with zero attached hydrogens (tertiary/aromatic N) is 4. The Balaban J connectivity index is 1.82. The predicted molar refractivity (Wildman–Crippen MR) is 94.8 cm³/mol. The Morgan fingerprint density at radius 3 is 2.56 bits per heavy atom. The minimum atomic E-state index is -0.380. The van der Waals surface area contributed by atoms with Crippen LogP contribution in [0.15, 0.2) is 48.8 Å². The topological polar surface area (TPSA) is 63.1 Å². The minimum absolute atomic E-state index is 0.297. The molecule has 0 atom stereocenters. The smallest absolute Gasteiger partial charge is 0.257 e. The third-order valence-electron chi connectivity index (χ3n) is 3.81. The molecule has 0 bridgehead atoms. The Bertz CT molecular complexity index is 902. The summed E-state index contributed by atoms with van der Waals surface area (Å²) in [6, 6.07) is 9.82. The molecule has 25 heavy (non-hydrogen) atoms. The first-order valence-corrected chi connectivity index (χ1v) is 7.71. The minimum Gasteiger partial charge on any atom is -0.363 e. The molecule has 0 spiro atoms. The van der Waals surface area contributed by atoms with Gasteiger partial charge in [-0.3, -0.25) is 4.79 Å². The standard InChI is InChI=1S/C18H18FN5O/c1-12-15(11-21-24(12)16-7-5-4-6-14(16)19)22-18(25)13-8-9-17(20-10-13)23(2)3/h4-11H,1-3H3,(H,22,25). The first-order chi connectivity index (χ1) is 12.0. The van der Waals surface area contributed by atoms with Crippen LogP contribution in [-0.4, -0.2) is 34.8 Å². The largest absolute Gasteiger partial charge is 0.363 e. The summed E-state index contributed by atoms with van der Waals surface area (Å²) in [5.41, 5.74) is 1.92. The van der Waals surface area contributed by atoms with Gasteiger partial charge in [-0.1, -0.05) is 12.1 Å². The quantitative estimate of drug-likeness (QED) is 0.794. The molecule has 0 saturated heterocycles. The van der Waals surface area contributed by atoms with Crippen molar-refractivity contribution >= 4 is 17.4 Å². The predicted octanol–water partition coefficient (Wildman–Crippen LogP) is 3.03. The van der Waals surface area contributed by atoms with Crippen LogP contribution in [0.2, 0.25) is 0 Å². The molecule has 2 aromatic heterocycles. The molecule has 0 radical (unpaired) electrons. The lowest BCUT2D eigenvalue weighted by molar-refractivity contribution is 0.102. The van der Waals surface area contributed by atoms with Crippen molar-refractivity contribution in [1.29, 1.82) is 0 Å². The Morgan fingerprint density at radius 2 is 1.92 bits per heavy atom. The fourth-order valence-electron chi connectivity index (χ4n) is 2.38. The maximum Gasteiger partial charge on any atom is 0.257 e. The summed E-state index contributed by atoms with van der Waals surface area (Å²) >= 11 is 0. The number of hydrogen-bond acceptors (Lipinski definition) is 4. The third-order valence-corrected chi connectivity index (χ3v) is 3.81. The number of rotatable bonds is 4. The molecule has 3 rings (SSSR count). The molecule has 6 nitrogen and oxygen atoms in total. The Hall–Kier alpha value is -3.22. The number of nitrogens with one attached hydrogen (secondary N) is 1. The maximum absolute atomic E-state index is 13.9. The summed E-state index contributed by atoms with van der Waals surface area (Å²) in [6.07, 6.45) is 3.02. The van der Waals surface area contributed by atoms with Crippen LogP contribution in [0.5, 0.6) is 0 Å². The number of carbonyl (C=O) groups excluding carboxylic acids is 1. The van der Waals surface area contributed by atoms with Gasteiger partial charge in [0, 0.05) is 20.3 Å². The van der Waals surface area contributed by atoms with Gasteiger partial charge in [0.2, 0.25) is 0 Å². The van der Waals surface area contributed by atoms with Crippen molar-refractivity contribution in [1.82, 2.24) is 14.8 Å². The summed E-state index contributed by atoms with van der Waals surface area (Å²) in [7, 11) is 3.76. The fourth-order valence-corrected chi connectivity index (χ4v) is 2.38. The van der Waals surface area contributed by atoms with E-state index in [1.54, 1.807) is 37.3 Å². The van der Waals surface area contributed by atoms with E-state index in [4.69, 9.17) is 0 Å². The lowest BCUT2D eigenvalue weighted by Crippen LogP contribution is -2.15. The van der Waals surface area contributed by atoms with Gasteiger partial charge in [0.15, 0.2) is 0 Å². The molecule has 0 aliphatic rings. The van der Waals surface area contributed by atoms with E-state index in [2.05, 4.69) is 15.4 Å². The molecule has 3 aromatic rings. The van der Waals surface area contributed by atoms with Crippen LogP contribution in [0, 0.1) is 12.7 Å².